The number of quaternary nitrogens is 1. The molecule has 3 N–H and O–H groups in total. The molecule has 2 atom stereocenters. The van der Waals surface area contributed by atoms with Gasteiger partial charge in [0.05, 0.1) is 26.9 Å². The van der Waals surface area contributed by atoms with Crippen molar-refractivity contribution >= 4 is 0 Å². The molecule has 0 radical (unpaired) electrons. The molecule has 0 heterocycles. The van der Waals surface area contributed by atoms with Crippen molar-refractivity contribution in [3.8, 4) is 17.2 Å². The van der Waals surface area contributed by atoms with Gasteiger partial charge in [0.2, 0.25) is 0 Å². The quantitative estimate of drug-likeness (QED) is 0.775. The summed E-state index contributed by atoms with van der Waals surface area (Å²) in [6.45, 7) is 2.67. The highest BCUT2D eigenvalue weighted by Crippen LogP contribution is 2.34. The van der Waals surface area contributed by atoms with Gasteiger partial charge in [0, 0.05) is 6.07 Å². The first-order valence-electron chi connectivity index (χ1n) is 7.96. The third-order valence-corrected chi connectivity index (χ3v) is 4.14. The van der Waals surface area contributed by atoms with Gasteiger partial charge in [0.15, 0.2) is 11.5 Å². The van der Waals surface area contributed by atoms with Crippen molar-refractivity contribution < 1.29 is 24.6 Å². The molecule has 2 rings (SSSR count). The summed E-state index contributed by atoms with van der Waals surface area (Å²) in [6.07, 6.45) is -0.530. The fraction of sp³-hybridized carbons (Fsp3) is 0.368. The number of hydrogen-bond donors (Lipinski definition) is 2. The van der Waals surface area contributed by atoms with E-state index in [0.29, 0.717) is 18.0 Å². The van der Waals surface area contributed by atoms with Crippen LogP contribution in [0.5, 0.6) is 17.2 Å². The highest BCUT2D eigenvalue weighted by Gasteiger charge is 2.20. The van der Waals surface area contributed by atoms with Crippen LogP contribution in [0.1, 0.15) is 24.2 Å². The first kappa shape index (κ1) is 18.1. The van der Waals surface area contributed by atoms with Gasteiger partial charge in [-0.15, -0.1) is 0 Å². The Kier molecular flexibility index (Phi) is 6.46. The maximum Gasteiger partial charge on any atom is 0.164 e. The van der Waals surface area contributed by atoms with Gasteiger partial charge in [0.25, 0.3) is 0 Å². The normalized spacial score (nSPS) is 13.2. The predicted molar refractivity (Wildman–Crippen MR) is 92.6 cm³/mol. The molecule has 0 bridgehead atoms. The molecule has 0 aliphatic rings. The molecule has 24 heavy (non-hydrogen) atoms. The first-order valence-corrected chi connectivity index (χ1v) is 7.96. The van der Waals surface area contributed by atoms with Gasteiger partial charge in [-0.1, -0.05) is 30.3 Å². The molecule has 0 saturated heterocycles. The minimum absolute atomic E-state index is 0.00482. The number of aliphatic hydroxyl groups excluding tert-OH is 1. The van der Waals surface area contributed by atoms with Crippen LogP contribution in [0.4, 0.5) is 0 Å². The Morgan fingerprint density at radius 2 is 1.50 bits per heavy atom. The average Bonchev–Trinajstić information content (AvgIpc) is 2.65. The van der Waals surface area contributed by atoms with E-state index in [4.69, 9.17) is 14.2 Å². The molecule has 0 aliphatic heterocycles. The number of methoxy groups -OCH3 is 3. The highest BCUT2D eigenvalue weighted by molar-refractivity contribution is 5.50. The van der Waals surface area contributed by atoms with Crippen LogP contribution in [0.3, 0.4) is 0 Å². The Labute approximate surface area is 143 Å². The summed E-state index contributed by atoms with van der Waals surface area (Å²) in [4.78, 5) is 0. The number of hydrogen-bond acceptors (Lipinski definition) is 4. The minimum Gasteiger partial charge on any atom is -0.496 e. The topological polar surface area (TPSA) is 64.5 Å². The number of nitrogens with two attached hydrogens (primary N) is 1. The third-order valence-electron chi connectivity index (χ3n) is 4.14. The lowest BCUT2D eigenvalue weighted by molar-refractivity contribution is -0.709. The van der Waals surface area contributed by atoms with Crippen LogP contribution in [0.15, 0.2) is 42.5 Å². The Morgan fingerprint density at radius 3 is 2.08 bits per heavy atom. The summed E-state index contributed by atoms with van der Waals surface area (Å²) < 4.78 is 16.1. The molecule has 0 spiro atoms. The summed E-state index contributed by atoms with van der Waals surface area (Å²) in [5.41, 5.74) is 1.91. The number of rotatable bonds is 8. The van der Waals surface area contributed by atoms with E-state index < -0.39 is 6.10 Å². The summed E-state index contributed by atoms with van der Waals surface area (Å²) in [6, 6.07) is 13.4. The zero-order valence-corrected chi connectivity index (χ0v) is 14.7. The zero-order valence-electron chi connectivity index (χ0n) is 14.7. The van der Waals surface area contributed by atoms with Gasteiger partial charge >= 0.3 is 0 Å². The van der Waals surface area contributed by atoms with Crippen molar-refractivity contribution in [3.63, 3.8) is 0 Å². The van der Waals surface area contributed by atoms with Gasteiger partial charge < -0.3 is 24.6 Å². The van der Waals surface area contributed by atoms with Crippen LogP contribution >= 0.6 is 0 Å². The van der Waals surface area contributed by atoms with E-state index in [1.807, 2.05) is 49.4 Å². The van der Waals surface area contributed by atoms with Crippen LogP contribution in [-0.2, 0) is 6.54 Å². The molecule has 0 aliphatic carbocycles. The Hall–Kier alpha value is -2.24. The first-order chi connectivity index (χ1) is 11.6. The molecule has 0 amide bonds. The van der Waals surface area contributed by atoms with Gasteiger partial charge in [0.1, 0.15) is 24.4 Å². The minimum atomic E-state index is -0.530. The van der Waals surface area contributed by atoms with Crippen LogP contribution in [0, 0.1) is 0 Å². The molecule has 0 saturated carbocycles. The fourth-order valence-electron chi connectivity index (χ4n) is 2.65. The van der Waals surface area contributed by atoms with Crippen molar-refractivity contribution in [3.05, 3.63) is 53.6 Å². The number of benzene rings is 2. The second-order valence-electron chi connectivity index (χ2n) is 5.67. The van der Waals surface area contributed by atoms with Crippen molar-refractivity contribution in [2.45, 2.75) is 25.6 Å². The van der Waals surface area contributed by atoms with Crippen LogP contribution in [-0.4, -0.2) is 32.5 Å². The van der Waals surface area contributed by atoms with E-state index in [1.54, 1.807) is 21.3 Å². The second-order valence-corrected chi connectivity index (χ2v) is 5.67. The molecule has 5 heteroatoms. The summed E-state index contributed by atoms with van der Waals surface area (Å²) >= 11 is 0. The van der Waals surface area contributed by atoms with Gasteiger partial charge in [-0.2, -0.15) is 0 Å². The molecular formula is C19H26NO4+. The maximum absolute atomic E-state index is 10.5. The number of ether oxygens (including phenoxy) is 3. The fourth-order valence-corrected chi connectivity index (χ4v) is 2.65. The number of aliphatic hydroxyl groups is 1. The zero-order chi connectivity index (χ0) is 17.5. The summed E-state index contributed by atoms with van der Waals surface area (Å²) in [5, 5.41) is 12.6. The predicted octanol–water partition coefficient (Wildman–Crippen LogP) is 1.90. The van der Waals surface area contributed by atoms with Crippen LogP contribution in [0.25, 0.3) is 0 Å². The molecule has 0 fully saturated rings. The maximum atomic E-state index is 10.5. The molecular weight excluding hydrogens is 306 g/mol. The molecule has 0 unspecified atom stereocenters. The molecule has 5 nitrogen and oxygen atoms in total. The van der Waals surface area contributed by atoms with E-state index in [2.05, 4.69) is 5.32 Å². The SMILES string of the molecule is COc1cc(OC)c(OC)cc1C[NH2+][C@@H](C)[C@H](O)c1ccccc1. The molecule has 2 aromatic carbocycles. The molecule has 0 aromatic heterocycles. The van der Waals surface area contributed by atoms with Crippen molar-refractivity contribution in [1.29, 1.82) is 0 Å². The summed E-state index contributed by atoms with van der Waals surface area (Å²) in [5.74, 6) is 2.04. The second kappa shape index (κ2) is 8.57. The van der Waals surface area contributed by atoms with E-state index in [9.17, 15) is 5.11 Å². The highest BCUT2D eigenvalue weighted by atomic mass is 16.5. The van der Waals surface area contributed by atoms with Crippen molar-refractivity contribution in [2.75, 3.05) is 21.3 Å². The third kappa shape index (κ3) is 4.19. The Balaban J connectivity index is 2.10. The van der Waals surface area contributed by atoms with Gasteiger partial charge in [-0.3, -0.25) is 0 Å². The average molecular weight is 332 g/mol. The summed E-state index contributed by atoms with van der Waals surface area (Å²) in [7, 11) is 4.84. The monoisotopic (exact) mass is 332 g/mol. The van der Waals surface area contributed by atoms with E-state index >= 15 is 0 Å². The van der Waals surface area contributed by atoms with Gasteiger partial charge in [-0.05, 0) is 18.6 Å². The lowest BCUT2D eigenvalue weighted by Crippen LogP contribution is -2.89. The lowest BCUT2D eigenvalue weighted by atomic mass is 10.0. The molecule has 2 aromatic rings. The standard InChI is InChI=1S/C19H25NO4/c1-13(19(21)14-8-6-5-7-9-14)20-12-15-10-17(23-3)18(24-4)11-16(15)22-2/h5-11,13,19-21H,12H2,1-4H3/p+1/t13-,19-/m0/s1. The largest absolute Gasteiger partial charge is 0.496 e. The van der Waals surface area contributed by atoms with Crippen molar-refractivity contribution in [2.24, 2.45) is 0 Å². The smallest absolute Gasteiger partial charge is 0.164 e. The molecule has 130 valence electrons. The Bertz CT molecular complexity index is 645. The van der Waals surface area contributed by atoms with Crippen LogP contribution in [0.2, 0.25) is 0 Å². The Morgan fingerprint density at radius 1 is 0.917 bits per heavy atom. The van der Waals surface area contributed by atoms with Crippen molar-refractivity contribution in [1.82, 2.24) is 0 Å². The van der Waals surface area contributed by atoms with E-state index in [1.165, 1.54) is 0 Å². The lowest BCUT2D eigenvalue weighted by Gasteiger charge is -2.19. The van der Waals surface area contributed by atoms with E-state index in [-0.39, 0.29) is 6.04 Å². The van der Waals surface area contributed by atoms with Gasteiger partial charge in [-0.25, -0.2) is 0 Å². The van der Waals surface area contributed by atoms with Crippen LogP contribution < -0.4 is 19.5 Å². The van der Waals surface area contributed by atoms with E-state index in [0.717, 1.165) is 16.9 Å².